The molecule has 33 heavy (non-hydrogen) atoms. The maximum absolute atomic E-state index is 13.7. The number of nitrogens with one attached hydrogen (secondary N) is 1. The van der Waals surface area contributed by atoms with Crippen molar-refractivity contribution in [1.29, 1.82) is 0 Å². The Hall–Kier alpha value is -2.75. The fraction of sp³-hybridized carbons (Fsp3) is 0.300. The molecule has 0 amide bonds. The third-order valence-corrected chi connectivity index (χ3v) is 7.48. The summed E-state index contributed by atoms with van der Waals surface area (Å²) < 4.78 is 1.18. The monoisotopic (exact) mass is 455 g/mol. The van der Waals surface area contributed by atoms with Crippen LogP contribution in [0.1, 0.15) is 62.8 Å². The molecule has 0 atom stereocenters. The van der Waals surface area contributed by atoms with Gasteiger partial charge in [-0.1, -0.05) is 67.1 Å². The Morgan fingerprint density at radius 2 is 1.67 bits per heavy atom. The van der Waals surface area contributed by atoms with Crippen LogP contribution in [0.15, 0.2) is 66.7 Å². The first-order valence-electron chi connectivity index (χ1n) is 12.0. The van der Waals surface area contributed by atoms with E-state index in [0.717, 1.165) is 53.1 Å². The topological polar surface area (TPSA) is 29.1 Å². The van der Waals surface area contributed by atoms with Crippen LogP contribution in [0.25, 0.3) is 10.1 Å². The van der Waals surface area contributed by atoms with Crippen molar-refractivity contribution in [2.24, 2.45) is 0 Å². The van der Waals surface area contributed by atoms with Crippen molar-refractivity contribution in [3.63, 3.8) is 0 Å². The summed E-state index contributed by atoms with van der Waals surface area (Å²) >= 11 is 1.63. The number of ketones is 1. The van der Waals surface area contributed by atoms with E-state index in [0.29, 0.717) is 0 Å². The third-order valence-electron chi connectivity index (χ3n) is 6.27. The van der Waals surface area contributed by atoms with Gasteiger partial charge < -0.3 is 5.32 Å². The lowest BCUT2D eigenvalue weighted by molar-refractivity contribution is 0.104. The second kappa shape index (κ2) is 10.9. The number of fused-ring (bicyclic) bond motifs is 1. The molecular formula is C30H33NOS. The van der Waals surface area contributed by atoms with Gasteiger partial charge in [0.05, 0.1) is 4.88 Å². The molecule has 0 saturated heterocycles. The first-order valence-corrected chi connectivity index (χ1v) is 12.8. The van der Waals surface area contributed by atoms with E-state index < -0.39 is 0 Å². The number of hydrogen-bond donors (Lipinski definition) is 1. The number of benzene rings is 3. The van der Waals surface area contributed by atoms with Crippen molar-refractivity contribution in [2.75, 3.05) is 13.1 Å². The van der Waals surface area contributed by atoms with Gasteiger partial charge in [-0.3, -0.25) is 4.79 Å². The van der Waals surface area contributed by atoms with Crippen molar-refractivity contribution in [1.82, 2.24) is 5.32 Å². The number of unbranched alkanes of at least 4 members (excludes halogenated alkanes) is 1. The molecule has 0 fully saturated rings. The number of carbonyl (C=O) groups excluding carboxylic acids is 1. The van der Waals surface area contributed by atoms with Gasteiger partial charge in [0, 0.05) is 10.3 Å². The van der Waals surface area contributed by atoms with Crippen molar-refractivity contribution < 1.29 is 4.79 Å². The molecule has 0 spiro atoms. The number of hydrogen-bond acceptors (Lipinski definition) is 3. The maximum Gasteiger partial charge on any atom is 0.203 e. The second-order valence-corrected chi connectivity index (χ2v) is 9.91. The first kappa shape index (κ1) is 23.4. The molecule has 0 unspecified atom stereocenters. The molecule has 0 aliphatic rings. The van der Waals surface area contributed by atoms with E-state index in [2.05, 4.69) is 66.8 Å². The van der Waals surface area contributed by atoms with Crippen LogP contribution in [-0.4, -0.2) is 18.9 Å². The fourth-order valence-corrected chi connectivity index (χ4v) is 5.52. The molecule has 170 valence electrons. The van der Waals surface area contributed by atoms with Gasteiger partial charge in [0.1, 0.15) is 0 Å². The van der Waals surface area contributed by atoms with Gasteiger partial charge in [-0.2, -0.15) is 0 Å². The zero-order valence-corrected chi connectivity index (χ0v) is 20.7. The molecule has 0 radical (unpaired) electrons. The van der Waals surface area contributed by atoms with Crippen LogP contribution in [0.3, 0.4) is 0 Å². The predicted octanol–water partition coefficient (Wildman–Crippen LogP) is 7.27. The summed E-state index contributed by atoms with van der Waals surface area (Å²) in [5, 5.41) is 4.59. The van der Waals surface area contributed by atoms with Crippen molar-refractivity contribution >= 4 is 27.2 Å². The minimum absolute atomic E-state index is 0.143. The van der Waals surface area contributed by atoms with Gasteiger partial charge in [-0.25, -0.2) is 0 Å². The number of aryl methyl sites for hydroxylation is 3. The largest absolute Gasteiger partial charge is 0.317 e. The Labute approximate surface area is 201 Å². The summed E-state index contributed by atoms with van der Waals surface area (Å²) in [5.41, 5.74) is 6.76. The summed E-state index contributed by atoms with van der Waals surface area (Å²) in [4.78, 5) is 14.5. The Balaban J connectivity index is 1.59. The molecule has 0 bridgehead atoms. The van der Waals surface area contributed by atoms with Crippen LogP contribution < -0.4 is 5.32 Å². The average Bonchev–Trinajstić information content (AvgIpc) is 3.19. The predicted molar refractivity (Wildman–Crippen MR) is 142 cm³/mol. The SMILES string of the molecule is CCNCCCCc1ccc(Cc2c(C(=O)c3cc(C)ccc3C)sc3ccccc23)cc1. The molecule has 1 heterocycles. The van der Waals surface area contributed by atoms with Gasteiger partial charge in [-0.15, -0.1) is 11.3 Å². The van der Waals surface area contributed by atoms with Crippen LogP contribution in [0.4, 0.5) is 0 Å². The van der Waals surface area contributed by atoms with E-state index in [4.69, 9.17) is 0 Å². The van der Waals surface area contributed by atoms with Crippen LogP contribution >= 0.6 is 11.3 Å². The zero-order valence-electron chi connectivity index (χ0n) is 19.9. The van der Waals surface area contributed by atoms with E-state index in [-0.39, 0.29) is 5.78 Å². The standard InChI is InChI=1S/C30H33NOS/c1-4-31-18-8-7-9-23-14-16-24(17-15-23)20-27-25-10-5-6-11-28(25)33-30(27)29(32)26-19-21(2)12-13-22(26)3/h5-6,10-17,19,31H,4,7-9,18,20H2,1-3H3. The molecule has 4 aromatic rings. The molecule has 1 N–H and O–H groups in total. The molecule has 3 aromatic carbocycles. The Morgan fingerprint density at radius 1 is 0.909 bits per heavy atom. The molecule has 0 aliphatic heterocycles. The summed E-state index contributed by atoms with van der Waals surface area (Å²) in [5.74, 6) is 0.143. The molecule has 1 aromatic heterocycles. The normalized spacial score (nSPS) is 11.2. The van der Waals surface area contributed by atoms with Crippen LogP contribution in [-0.2, 0) is 12.8 Å². The number of rotatable bonds is 10. The van der Waals surface area contributed by atoms with Crippen molar-refractivity contribution in [3.8, 4) is 0 Å². The maximum atomic E-state index is 13.7. The quantitative estimate of drug-likeness (QED) is 0.201. The molecule has 3 heteroatoms. The molecule has 2 nitrogen and oxygen atoms in total. The van der Waals surface area contributed by atoms with Crippen LogP contribution in [0.2, 0.25) is 0 Å². The van der Waals surface area contributed by atoms with E-state index >= 15 is 0 Å². The Morgan fingerprint density at radius 3 is 2.45 bits per heavy atom. The van der Waals surface area contributed by atoms with Crippen LogP contribution in [0, 0.1) is 13.8 Å². The minimum Gasteiger partial charge on any atom is -0.317 e. The minimum atomic E-state index is 0.143. The van der Waals surface area contributed by atoms with Gasteiger partial charge in [-0.05, 0) is 92.4 Å². The summed E-state index contributed by atoms with van der Waals surface area (Å²) in [7, 11) is 0. The van der Waals surface area contributed by atoms with Gasteiger partial charge in [0.15, 0.2) is 0 Å². The highest BCUT2D eigenvalue weighted by Gasteiger charge is 2.21. The first-order chi connectivity index (χ1) is 16.1. The highest BCUT2D eigenvalue weighted by molar-refractivity contribution is 7.21. The Bertz CT molecular complexity index is 1240. The Kier molecular flexibility index (Phi) is 7.74. The molecule has 0 aliphatic carbocycles. The van der Waals surface area contributed by atoms with E-state index in [1.165, 1.54) is 34.1 Å². The van der Waals surface area contributed by atoms with Crippen LogP contribution in [0.5, 0.6) is 0 Å². The smallest absolute Gasteiger partial charge is 0.203 e. The highest BCUT2D eigenvalue weighted by atomic mass is 32.1. The summed E-state index contributed by atoms with van der Waals surface area (Å²) in [6.07, 6.45) is 4.30. The lowest BCUT2D eigenvalue weighted by Gasteiger charge is -2.09. The van der Waals surface area contributed by atoms with Gasteiger partial charge >= 0.3 is 0 Å². The summed E-state index contributed by atoms with van der Waals surface area (Å²) in [6.45, 7) is 8.36. The fourth-order valence-electron chi connectivity index (χ4n) is 4.34. The average molecular weight is 456 g/mol. The number of carbonyl (C=O) groups is 1. The van der Waals surface area contributed by atoms with Crippen molar-refractivity contribution in [3.05, 3.63) is 105 Å². The lowest BCUT2D eigenvalue weighted by atomic mass is 9.95. The summed E-state index contributed by atoms with van der Waals surface area (Å²) in [6, 6.07) is 23.5. The second-order valence-electron chi connectivity index (χ2n) is 8.86. The molecule has 4 rings (SSSR count). The van der Waals surface area contributed by atoms with E-state index in [9.17, 15) is 4.79 Å². The van der Waals surface area contributed by atoms with Gasteiger partial charge in [0.25, 0.3) is 0 Å². The molecule has 0 saturated carbocycles. The third kappa shape index (κ3) is 5.61. The lowest BCUT2D eigenvalue weighted by Crippen LogP contribution is -2.13. The zero-order chi connectivity index (χ0) is 23.2. The van der Waals surface area contributed by atoms with E-state index in [1.54, 1.807) is 11.3 Å². The molecular weight excluding hydrogens is 422 g/mol. The number of thiophene rings is 1. The van der Waals surface area contributed by atoms with E-state index in [1.807, 2.05) is 26.0 Å². The van der Waals surface area contributed by atoms with Crippen molar-refractivity contribution in [2.45, 2.75) is 46.5 Å². The van der Waals surface area contributed by atoms with Gasteiger partial charge in [0.2, 0.25) is 5.78 Å². The highest BCUT2D eigenvalue weighted by Crippen LogP contribution is 2.35.